The number of pyridine rings is 1. The Morgan fingerprint density at radius 3 is 2.42 bits per heavy atom. The first-order valence-electron chi connectivity index (χ1n) is 5.63. The standard InChI is InChI=1S/C14H12N2O3/c1-9-2-3-11(14(18)19)8-12(9)16-13(17)10-4-6-15-7-5-10/h2-8H,1H3,(H,16,17)(H,18,19). The Morgan fingerprint density at radius 2 is 1.79 bits per heavy atom. The number of rotatable bonds is 3. The number of anilines is 1. The summed E-state index contributed by atoms with van der Waals surface area (Å²) in [6.07, 6.45) is 3.05. The zero-order valence-corrected chi connectivity index (χ0v) is 10.3. The average Bonchev–Trinajstić information content (AvgIpc) is 2.42. The number of hydrogen-bond acceptors (Lipinski definition) is 3. The largest absolute Gasteiger partial charge is 0.478 e. The Balaban J connectivity index is 2.26. The number of carboxylic acids is 1. The third kappa shape index (κ3) is 2.95. The number of hydrogen-bond donors (Lipinski definition) is 2. The highest BCUT2D eigenvalue weighted by molar-refractivity contribution is 6.05. The summed E-state index contributed by atoms with van der Waals surface area (Å²) in [5.41, 5.74) is 1.89. The Kier molecular flexibility index (Phi) is 3.56. The van der Waals surface area contributed by atoms with Gasteiger partial charge in [-0.3, -0.25) is 9.78 Å². The maximum atomic E-state index is 12.0. The van der Waals surface area contributed by atoms with Gasteiger partial charge < -0.3 is 10.4 Å². The fourth-order valence-electron chi connectivity index (χ4n) is 1.59. The second-order valence-corrected chi connectivity index (χ2v) is 4.02. The highest BCUT2D eigenvalue weighted by Crippen LogP contribution is 2.18. The summed E-state index contributed by atoms with van der Waals surface area (Å²) in [5, 5.41) is 11.6. The zero-order valence-electron chi connectivity index (χ0n) is 10.3. The molecule has 1 heterocycles. The molecule has 1 aromatic heterocycles. The molecule has 0 saturated heterocycles. The maximum absolute atomic E-state index is 12.0. The number of aryl methyl sites for hydroxylation is 1. The number of nitrogens with one attached hydrogen (secondary N) is 1. The normalized spacial score (nSPS) is 9.95. The van der Waals surface area contributed by atoms with Crippen molar-refractivity contribution in [3.05, 3.63) is 59.4 Å². The molecule has 0 spiro atoms. The Bertz CT molecular complexity index is 624. The molecule has 96 valence electrons. The molecule has 0 radical (unpaired) electrons. The van der Waals surface area contributed by atoms with Crippen LogP contribution in [0.4, 0.5) is 5.69 Å². The van der Waals surface area contributed by atoms with Gasteiger partial charge in [-0.1, -0.05) is 6.07 Å². The van der Waals surface area contributed by atoms with Gasteiger partial charge in [0, 0.05) is 23.6 Å². The van der Waals surface area contributed by atoms with E-state index in [0.29, 0.717) is 11.3 Å². The van der Waals surface area contributed by atoms with Crippen LogP contribution in [0, 0.1) is 6.92 Å². The van der Waals surface area contributed by atoms with Gasteiger partial charge in [-0.25, -0.2) is 4.79 Å². The molecule has 2 rings (SSSR count). The summed E-state index contributed by atoms with van der Waals surface area (Å²) in [7, 11) is 0. The van der Waals surface area contributed by atoms with Crippen molar-refractivity contribution in [2.75, 3.05) is 5.32 Å². The van der Waals surface area contributed by atoms with E-state index < -0.39 is 5.97 Å². The summed E-state index contributed by atoms with van der Waals surface area (Å²) >= 11 is 0. The fourth-order valence-corrected chi connectivity index (χ4v) is 1.59. The van der Waals surface area contributed by atoms with Crippen molar-refractivity contribution < 1.29 is 14.7 Å². The molecule has 0 saturated carbocycles. The van der Waals surface area contributed by atoms with Gasteiger partial charge in [0.1, 0.15) is 0 Å². The minimum absolute atomic E-state index is 0.135. The quantitative estimate of drug-likeness (QED) is 0.883. The third-order valence-electron chi connectivity index (χ3n) is 2.68. The third-order valence-corrected chi connectivity index (χ3v) is 2.68. The molecule has 1 amide bonds. The van der Waals surface area contributed by atoms with E-state index in [4.69, 9.17) is 5.11 Å². The van der Waals surface area contributed by atoms with Gasteiger partial charge in [-0.15, -0.1) is 0 Å². The summed E-state index contributed by atoms with van der Waals surface area (Å²) in [6, 6.07) is 7.78. The maximum Gasteiger partial charge on any atom is 0.335 e. The molecule has 0 unspecified atom stereocenters. The number of aromatic carboxylic acids is 1. The van der Waals surface area contributed by atoms with Crippen molar-refractivity contribution in [1.29, 1.82) is 0 Å². The fraction of sp³-hybridized carbons (Fsp3) is 0.0714. The first-order valence-corrected chi connectivity index (χ1v) is 5.63. The molecule has 0 aliphatic carbocycles. The van der Waals surface area contributed by atoms with E-state index in [1.54, 1.807) is 25.1 Å². The molecular weight excluding hydrogens is 244 g/mol. The lowest BCUT2D eigenvalue weighted by atomic mass is 10.1. The first kappa shape index (κ1) is 12.8. The van der Waals surface area contributed by atoms with E-state index in [2.05, 4.69) is 10.3 Å². The van der Waals surface area contributed by atoms with Crippen molar-refractivity contribution in [2.45, 2.75) is 6.92 Å². The van der Waals surface area contributed by atoms with Crippen LogP contribution in [0.2, 0.25) is 0 Å². The molecule has 19 heavy (non-hydrogen) atoms. The van der Waals surface area contributed by atoms with E-state index >= 15 is 0 Å². The minimum atomic E-state index is -1.03. The van der Waals surface area contributed by atoms with E-state index in [-0.39, 0.29) is 11.5 Å². The van der Waals surface area contributed by atoms with Gasteiger partial charge in [0.05, 0.1) is 5.56 Å². The molecular formula is C14H12N2O3. The van der Waals surface area contributed by atoms with Crippen LogP contribution in [0.25, 0.3) is 0 Å². The SMILES string of the molecule is Cc1ccc(C(=O)O)cc1NC(=O)c1ccncc1. The van der Waals surface area contributed by atoms with Crippen molar-refractivity contribution in [1.82, 2.24) is 4.98 Å². The van der Waals surface area contributed by atoms with Gasteiger partial charge in [0.25, 0.3) is 5.91 Å². The number of carboxylic acid groups (broad SMARTS) is 1. The lowest BCUT2D eigenvalue weighted by Crippen LogP contribution is -2.13. The Hall–Kier alpha value is -2.69. The topological polar surface area (TPSA) is 79.3 Å². The summed E-state index contributed by atoms with van der Waals surface area (Å²) in [6.45, 7) is 1.80. The zero-order chi connectivity index (χ0) is 13.8. The van der Waals surface area contributed by atoms with E-state index in [0.717, 1.165) is 5.56 Å². The molecule has 5 nitrogen and oxygen atoms in total. The Labute approximate surface area is 109 Å². The van der Waals surface area contributed by atoms with Crippen LogP contribution in [0.3, 0.4) is 0 Å². The van der Waals surface area contributed by atoms with Gasteiger partial charge >= 0.3 is 5.97 Å². The van der Waals surface area contributed by atoms with Gasteiger partial charge in [-0.2, -0.15) is 0 Å². The number of amides is 1. The molecule has 2 N–H and O–H groups in total. The van der Waals surface area contributed by atoms with E-state index in [9.17, 15) is 9.59 Å². The molecule has 1 aromatic carbocycles. The lowest BCUT2D eigenvalue weighted by molar-refractivity contribution is 0.0696. The van der Waals surface area contributed by atoms with Crippen molar-refractivity contribution in [3.63, 3.8) is 0 Å². The highest BCUT2D eigenvalue weighted by atomic mass is 16.4. The van der Waals surface area contributed by atoms with Crippen LogP contribution in [0.1, 0.15) is 26.3 Å². The smallest absolute Gasteiger partial charge is 0.335 e. The van der Waals surface area contributed by atoms with E-state index in [1.165, 1.54) is 24.5 Å². The van der Waals surface area contributed by atoms with Crippen molar-refractivity contribution in [2.24, 2.45) is 0 Å². The predicted octanol–water partition coefficient (Wildman–Crippen LogP) is 2.34. The summed E-state index contributed by atoms with van der Waals surface area (Å²) < 4.78 is 0. The second-order valence-electron chi connectivity index (χ2n) is 4.02. The number of carbonyl (C=O) groups is 2. The molecule has 0 atom stereocenters. The van der Waals surface area contributed by atoms with Crippen LogP contribution in [-0.4, -0.2) is 22.0 Å². The van der Waals surface area contributed by atoms with Crippen LogP contribution in [0.5, 0.6) is 0 Å². The van der Waals surface area contributed by atoms with Gasteiger partial charge in [0.2, 0.25) is 0 Å². The predicted molar refractivity (Wildman–Crippen MR) is 70.3 cm³/mol. The van der Waals surface area contributed by atoms with Crippen LogP contribution in [-0.2, 0) is 0 Å². The van der Waals surface area contributed by atoms with E-state index in [1.807, 2.05) is 0 Å². The highest BCUT2D eigenvalue weighted by Gasteiger charge is 2.10. The monoisotopic (exact) mass is 256 g/mol. The van der Waals surface area contributed by atoms with Crippen LogP contribution < -0.4 is 5.32 Å². The lowest BCUT2D eigenvalue weighted by Gasteiger charge is -2.09. The molecule has 2 aromatic rings. The molecule has 0 bridgehead atoms. The second kappa shape index (κ2) is 5.30. The molecule has 0 aliphatic rings. The van der Waals surface area contributed by atoms with Crippen molar-refractivity contribution >= 4 is 17.6 Å². The molecule has 0 fully saturated rings. The first-order chi connectivity index (χ1) is 9.08. The van der Waals surface area contributed by atoms with Crippen molar-refractivity contribution in [3.8, 4) is 0 Å². The number of benzene rings is 1. The van der Waals surface area contributed by atoms with Gasteiger partial charge in [-0.05, 0) is 36.8 Å². The molecule has 0 aliphatic heterocycles. The molecule has 5 heteroatoms. The minimum Gasteiger partial charge on any atom is -0.478 e. The summed E-state index contributed by atoms with van der Waals surface area (Å²) in [4.78, 5) is 26.7. The summed E-state index contributed by atoms with van der Waals surface area (Å²) in [5.74, 6) is -1.33. The van der Waals surface area contributed by atoms with Crippen LogP contribution >= 0.6 is 0 Å². The Morgan fingerprint density at radius 1 is 1.11 bits per heavy atom. The number of aromatic nitrogens is 1. The van der Waals surface area contributed by atoms with Gasteiger partial charge in [0.15, 0.2) is 0 Å². The van der Waals surface area contributed by atoms with Crippen LogP contribution in [0.15, 0.2) is 42.7 Å². The average molecular weight is 256 g/mol. The number of carbonyl (C=O) groups excluding carboxylic acids is 1. The number of nitrogens with zero attached hydrogens (tertiary/aromatic N) is 1.